The van der Waals surface area contributed by atoms with Crippen molar-refractivity contribution in [3.05, 3.63) is 51.7 Å². The Bertz CT molecular complexity index is 646. The topological polar surface area (TPSA) is 72.2 Å². The van der Waals surface area contributed by atoms with Crippen molar-refractivity contribution < 1.29 is 8.42 Å². The highest BCUT2D eigenvalue weighted by Crippen LogP contribution is 2.21. The van der Waals surface area contributed by atoms with Crippen molar-refractivity contribution in [2.45, 2.75) is 24.9 Å². The monoisotopic (exact) mass is 296 g/mol. The summed E-state index contributed by atoms with van der Waals surface area (Å²) in [6.07, 6.45) is 0. The minimum atomic E-state index is -3.49. The number of hydrogen-bond donors (Lipinski definition) is 2. The van der Waals surface area contributed by atoms with Crippen LogP contribution in [0.4, 0.5) is 0 Å². The third-order valence-corrected chi connectivity index (χ3v) is 5.32. The Kier molecular flexibility index (Phi) is 4.36. The van der Waals surface area contributed by atoms with E-state index in [4.69, 9.17) is 5.73 Å². The second-order valence-corrected chi connectivity index (χ2v) is 6.96. The molecule has 0 atom stereocenters. The van der Waals surface area contributed by atoms with Crippen LogP contribution in [-0.4, -0.2) is 8.42 Å². The quantitative estimate of drug-likeness (QED) is 0.886. The van der Waals surface area contributed by atoms with Crippen LogP contribution in [0.15, 0.2) is 40.6 Å². The number of thiophene rings is 1. The Balaban J connectivity index is 2.12. The van der Waals surface area contributed by atoms with Gasteiger partial charge in [0, 0.05) is 18.0 Å². The van der Waals surface area contributed by atoms with E-state index >= 15 is 0 Å². The molecule has 0 fully saturated rings. The lowest BCUT2D eigenvalue weighted by molar-refractivity contribution is 0.580. The van der Waals surface area contributed by atoms with Crippen molar-refractivity contribution in [3.8, 4) is 0 Å². The summed E-state index contributed by atoms with van der Waals surface area (Å²) in [4.78, 5) is 0.962. The first-order valence-corrected chi connectivity index (χ1v) is 8.21. The first-order chi connectivity index (χ1) is 9.03. The molecule has 0 radical (unpaired) electrons. The summed E-state index contributed by atoms with van der Waals surface area (Å²) in [5.41, 5.74) is 7.61. The van der Waals surface area contributed by atoms with Gasteiger partial charge in [0.15, 0.2) is 0 Å². The summed E-state index contributed by atoms with van der Waals surface area (Å²) in [5, 5.41) is 1.74. The van der Waals surface area contributed by atoms with Gasteiger partial charge in [0.05, 0.1) is 4.90 Å². The second-order valence-electron chi connectivity index (χ2n) is 4.22. The van der Waals surface area contributed by atoms with Crippen molar-refractivity contribution in [3.63, 3.8) is 0 Å². The van der Waals surface area contributed by atoms with Crippen LogP contribution in [0, 0.1) is 6.92 Å². The molecule has 0 spiro atoms. The van der Waals surface area contributed by atoms with Crippen LogP contribution < -0.4 is 10.5 Å². The number of hydrogen-bond acceptors (Lipinski definition) is 4. The van der Waals surface area contributed by atoms with E-state index in [1.807, 2.05) is 31.2 Å². The predicted molar refractivity (Wildman–Crippen MR) is 77.4 cm³/mol. The van der Waals surface area contributed by atoms with Crippen molar-refractivity contribution in [2.75, 3.05) is 0 Å². The number of rotatable bonds is 5. The maximum Gasteiger partial charge on any atom is 0.242 e. The Hall–Kier alpha value is -1.21. The maximum atomic E-state index is 12.2. The van der Waals surface area contributed by atoms with E-state index in [0.29, 0.717) is 4.88 Å². The van der Waals surface area contributed by atoms with Crippen molar-refractivity contribution in [1.82, 2.24) is 4.72 Å². The summed E-state index contributed by atoms with van der Waals surface area (Å²) in [6, 6.07) is 9.33. The minimum Gasteiger partial charge on any atom is -0.326 e. The lowest BCUT2D eigenvalue weighted by atomic mass is 10.2. The Morgan fingerprint density at radius 3 is 2.53 bits per heavy atom. The minimum absolute atomic E-state index is 0.235. The lowest BCUT2D eigenvalue weighted by Gasteiger charge is -2.07. The third-order valence-electron chi connectivity index (χ3n) is 2.77. The molecule has 1 heterocycles. The van der Waals surface area contributed by atoms with Crippen molar-refractivity contribution in [2.24, 2.45) is 5.73 Å². The predicted octanol–water partition coefficient (Wildman–Crippen LogP) is 1.99. The van der Waals surface area contributed by atoms with E-state index in [1.165, 1.54) is 11.3 Å². The molecule has 102 valence electrons. The lowest BCUT2D eigenvalue weighted by Crippen LogP contribution is -2.24. The third kappa shape index (κ3) is 3.42. The Labute approximate surface area is 117 Å². The molecule has 0 aliphatic heterocycles. The van der Waals surface area contributed by atoms with Gasteiger partial charge in [-0.05, 0) is 23.9 Å². The van der Waals surface area contributed by atoms with E-state index < -0.39 is 10.0 Å². The van der Waals surface area contributed by atoms with Crippen molar-refractivity contribution >= 4 is 21.4 Å². The van der Waals surface area contributed by atoms with E-state index in [0.717, 1.165) is 11.1 Å². The molecule has 0 saturated carbocycles. The summed E-state index contributed by atoms with van der Waals surface area (Å²) in [7, 11) is -3.49. The smallest absolute Gasteiger partial charge is 0.242 e. The molecular weight excluding hydrogens is 280 g/mol. The fourth-order valence-corrected chi connectivity index (χ4v) is 4.03. The van der Waals surface area contributed by atoms with Crippen LogP contribution in [0.2, 0.25) is 0 Å². The fourth-order valence-electron chi connectivity index (χ4n) is 1.68. The van der Waals surface area contributed by atoms with Gasteiger partial charge in [-0.25, -0.2) is 13.1 Å². The standard InChI is InChI=1S/C13H16N2O2S2/c1-10-2-4-11(5-3-10)9-15-19(16,17)13-6-7-18-12(13)8-14/h2-7,15H,8-9,14H2,1H3. The molecule has 1 aromatic heterocycles. The number of benzene rings is 1. The van der Waals surface area contributed by atoms with Crippen LogP contribution in [0.25, 0.3) is 0 Å². The van der Waals surface area contributed by atoms with Gasteiger partial charge in [-0.2, -0.15) is 0 Å². The average Bonchev–Trinajstić information content (AvgIpc) is 2.87. The molecule has 4 nitrogen and oxygen atoms in total. The number of aryl methyl sites for hydroxylation is 1. The number of sulfonamides is 1. The molecule has 0 bridgehead atoms. The molecule has 0 unspecified atom stereocenters. The normalized spacial score (nSPS) is 11.7. The highest BCUT2D eigenvalue weighted by atomic mass is 32.2. The van der Waals surface area contributed by atoms with Crippen LogP contribution >= 0.6 is 11.3 Å². The fraction of sp³-hybridized carbons (Fsp3) is 0.231. The van der Waals surface area contributed by atoms with E-state index in [-0.39, 0.29) is 18.0 Å². The van der Waals surface area contributed by atoms with E-state index in [9.17, 15) is 8.42 Å². The molecule has 0 aliphatic carbocycles. The SMILES string of the molecule is Cc1ccc(CNS(=O)(=O)c2ccsc2CN)cc1. The summed E-state index contributed by atoms with van der Waals surface area (Å²) >= 11 is 1.36. The average molecular weight is 296 g/mol. The highest BCUT2D eigenvalue weighted by molar-refractivity contribution is 7.89. The van der Waals surface area contributed by atoms with Gasteiger partial charge in [0.25, 0.3) is 0 Å². The summed E-state index contributed by atoms with van der Waals surface area (Å²) in [5.74, 6) is 0. The summed E-state index contributed by atoms with van der Waals surface area (Å²) < 4.78 is 26.9. The molecule has 0 saturated heterocycles. The number of nitrogens with one attached hydrogen (secondary N) is 1. The molecule has 2 aromatic rings. The van der Waals surface area contributed by atoms with Gasteiger partial charge in [-0.1, -0.05) is 29.8 Å². The molecule has 19 heavy (non-hydrogen) atoms. The molecular formula is C13H16N2O2S2. The van der Waals surface area contributed by atoms with Gasteiger partial charge < -0.3 is 5.73 Å². The largest absolute Gasteiger partial charge is 0.326 e. The molecule has 0 aliphatic rings. The van der Waals surface area contributed by atoms with E-state index in [2.05, 4.69) is 4.72 Å². The van der Waals surface area contributed by atoms with E-state index in [1.54, 1.807) is 11.4 Å². The number of nitrogens with two attached hydrogens (primary N) is 1. The summed E-state index contributed by atoms with van der Waals surface area (Å²) in [6.45, 7) is 2.51. The Morgan fingerprint density at radius 2 is 1.89 bits per heavy atom. The maximum absolute atomic E-state index is 12.2. The van der Waals surface area contributed by atoms with Gasteiger partial charge in [-0.3, -0.25) is 0 Å². The molecule has 6 heteroatoms. The van der Waals surface area contributed by atoms with Gasteiger partial charge in [0.1, 0.15) is 0 Å². The zero-order chi connectivity index (χ0) is 13.9. The zero-order valence-corrected chi connectivity index (χ0v) is 12.2. The van der Waals surface area contributed by atoms with Gasteiger partial charge in [-0.15, -0.1) is 11.3 Å². The van der Waals surface area contributed by atoms with Crippen LogP contribution in [0.3, 0.4) is 0 Å². The molecule has 0 amide bonds. The first-order valence-electron chi connectivity index (χ1n) is 5.84. The molecule has 1 aromatic carbocycles. The molecule has 3 N–H and O–H groups in total. The van der Waals surface area contributed by atoms with Crippen molar-refractivity contribution in [1.29, 1.82) is 0 Å². The zero-order valence-electron chi connectivity index (χ0n) is 10.6. The van der Waals surface area contributed by atoms with Gasteiger partial charge >= 0.3 is 0 Å². The van der Waals surface area contributed by atoms with Crippen LogP contribution in [0.5, 0.6) is 0 Å². The second kappa shape index (κ2) is 5.83. The highest BCUT2D eigenvalue weighted by Gasteiger charge is 2.18. The van der Waals surface area contributed by atoms with Crippen LogP contribution in [0.1, 0.15) is 16.0 Å². The first kappa shape index (κ1) is 14.2. The van der Waals surface area contributed by atoms with Crippen LogP contribution in [-0.2, 0) is 23.1 Å². The van der Waals surface area contributed by atoms with Gasteiger partial charge in [0.2, 0.25) is 10.0 Å². The molecule has 2 rings (SSSR count). The Morgan fingerprint density at radius 1 is 1.21 bits per heavy atom.